The van der Waals surface area contributed by atoms with E-state index in [1.54, 1.807) is 42.5 Å². The lowest BCUT2D eigenvalue weighted by Crippen LogP contribution is -2.17. The molecule has 0 atom stereocenters. The number of hydrazone groups is 1. The second kappa shape index (κ2) is 14.1. The van der Waals surface area contributed by atoms with Gasteiger partial charge in [0.25, 0.3) is 5.91 Å². The van der Waals surface area contributed by atoms with Crippen molar-refractivity contribution in [3.63, 3.8) is 0 Å². The first-order valence-electron chi connectivity index (χ1n) is 12.5. The number of nitrogens with zero attached hydrogens (tertiary/aromatic N) is 1. The third-order valence-corrected chi connectivity index (χ3v) is 6.24. The maximum atomic E-state index is 13.5. The van der Waals surface area contributed by atoms with Crippen molar-refractivity contribution >= 4 is 28.1 Å². The van der Waals surface area contributed by atoms with E-state index in [2.05, 4.69) is 26.5 Å². The van der Waals surface area contributed by atoms with Crippen LogP contribution in [-0.2, 0) is 13.2 Å². The van der Waals surface area contributed by atoms with Crippen LogP contribution in [0, 0.1) is 5.82 Å². The summed E-state index contributed by atoms with van der Waals surface area (Å²) in [7, 11) is 1.52. The van der Waals surface area contributed by atoms with E-state index in [1.807, 2.05) is 37.3 Å². The molecule has 0 spiro atoms. The third-order valence-electron chi connectivity index (χ3n) is 5.65. The Labute approximate surface area is 240 Å². The molecule has 4 rings (SSSR count). The predicted molar refractivity (Wildman–Crippen MR) is 155 cm³/mol. The Kier molecular flexibility index (Phi) is 10.1. The largest absolute Gasteiger partial charge is 0.493 e. The summed E-state index contributed by atoms with van der Waals surface area (Å²) >= 11 is 3.51. The van der Waals surface area contributed by atoms with Crippen molar-refractivity contribution in [2.75, 3.05) is 13.7 Å². The lowest BCUT2D eigenvalue weighted by Gasteiger charge is -2.15. The molecule has 4 aromatic rings. The molecule has 0 aliphatic rings. The summed E-state index contributed by atoms with van der Waals surface area (Å²) < 4.78 is 37.1. The van der Waals surface area contributed by atoms with Gasteiger partial charge in [-0.25, -0.2) is 9.82 Å². The van der Waals surface area contributed by atoms with Crippen molar-refractivity contribution in [3.05, 3.63) is 117 Å². The fourth-order valence-electron chi connectivity index (χ4n) is 3.74. The van der Waals surface area contributed by atoms with E-state index in [9.17, 15) is 9.18 Å². The van der Waals surface area contributed by atoms with Crippen molar-refractivity contribution in [2.24, 2.45) is 5.10 Å². The molecule has 0 unspecified atom stereocenters. The van der Waals surface area contributed by atoms with Gasteiger partial charge in [-0.1, -0.05) is 42.5 Å². The van der Waals surface area contributed by atoms with Crippen LogP contribution in [0.25, 0.3) is 0 Å². The number of ether oxygens (including phenoxy) is 4. The summed E-state index contributed by atoms with van der Waals surface area (Å²) in [5.41, 5.74) is 5.26. The highest BCUT2D eigenvalue weighted by atomic mass is 79.9. The van der Waals surface area contributed by atoms with Gasteiger partial charge in [0, 0.05) is 5.56 Å². The number of benzene rings is 4. The van der Waals surface area contributed by atoms with E-state index in [0.29, 0.717) is 57.4 Å². The fraction of sp³-hybridized carbons (Fsp3) is 0.161. The zero-order valence-corrected chi connectivity index (χ0v) is 23.6. The van der Waals surface area contributed by atoms with Crippen LogP contribution in [0.1, 0.15) is 34.0 Å². The van der Waals surface area contributed by atoms with Crippen LogP contribution in [0.3, 0.4) is 0 Å². The number of carbonyl (C=O) groups is 1. The monoisotopic (exact) mass is 606 g/mol. The first-order chi connectivity index (χ1) is 19.5. The number of amides is 1. The van der Waals surface area contributed by atoms with Gasteiger partial charge in [-0.15, -0.1) is 0 Å². The smallest absolute Gasteiger partial charge is 0.271 e. The predicted octanol–water partition coefficient (Wildman–Crippen LogP) is 6.92. The van der Waals surface area contributed by atoms with Gasteiger partial charge in [0.15, 0.2) is 23.0 Å². The zero-order chi connectivity index (χ0) is 28.3. The summed E-state index contributed by atoms with van der Waals surface area (Å²) in [5.74, 6) is 1.19. The van der Waals surface area contributed by atoms with Gasteiger partial charge in [0.2, 0.25) is 0 Å². The molecule has 206 valence electrons. The van der Waals surface area contributed by atoms with Gasteiger partial charge in [0.1, 0.15) is 19.0 Å². The van der Waals surface area contributed by atoms with Crippen LogP contribution < -0.4 is 24.4 Å². The number of methoxy groups -OCH3 is 1. The Bertz CT molecular complexity index is 1480. The Morgan fingerprint density at radius 3 is 2.40 bits per heavy atom. The molecule has 0 fully saturated rings. The highest BCUT2D eigenvalue weighted by Gasteiger charge is 2.14. The summed E-state index contributed by atoms with van der Waals surface area (Å²) in [6, 6.07) is 24.4. The van der Waals surface area contributed by atoms with Crippen molar-refractivity contribution in [1.29, 1.82) is 0 Å². The van der Waals surface area contributed by atoms with Crippen LogP contribution in [0.2, 0.25) is 0 Å². The molecule has 0 aromatic heterocycles. The summed E-state index contributed by atoms with van der Waals surface area (Å²) in [6.45, 7) is 2.81. The molecule has 4 aromatic carbocycles. The molecular formula is C31H28BrFN2O5. The van der Waals surface area contributed by atoms with Crippen molar-refractivity contribution in [1.82, 2.24) is 5.43 Å². The molecule has 0 heterocycles. The summed E-state index contributed by atoms with van der Waals surface area (Å²) in [5, 5.41) is 4.09. The number of nitrogens with one attached hydrogen (secondary N) is 1. The molecule has 0 aliphatic carbocycles. The molecule has 0 aliphatic heterocycles. The second-order valence-corrected chi connectivity index (χ2v) is 9.37. The standard InChI is InChI=1S/C31H28BrFN2O5/c1-3-38-29-16-23(15-26(32)30(29)40-20-22-10-7-11-25(33)14-22)18-34-35-31(36)24-12-13-27(28(17-24)37-2)39-19-21-8-5-4-6-9-21/h4-18H,3,19-20H2,1-2H3,(H,35,36)/b34-18+. The van der Waals surface area contributed by atoms with Gasteiger partial charge in [0.05, 0.1) is 24.4 Å². The average Bonchev–Trinajstić information content (AvgIpc) is 2.96. The van der Waals surface area contributed by atoms with Crippen molar-refractivity contribution in [3.8, 4) is 23.0 Å². The number of hydrogen-bond acceptors (Lipinski definition) is 6. The van der Waals surface area contributed by atoms with Gasteiger partial charge in [-0.05, 0) is 82.0 Å². The maximum Gasteiger partial charge on any atom is 0.271 e. The van der Waals surface area contributed by atoms with E-state index in [0.717, 1.165) is 5.56 Å². The number of halogens is 2. The van der Waals surface area contributed by atoms with Crippen LogP contribution in [0.15, 0.2) is 94.5 Å². The second-order valence-electron chi connectivity index (χ2n) is 8.52. The molecule has 9 heteroatoms. The van der Waals surface area contributed by atoms with Gasteiger partial charge < -0.3 is 18.9 Å². The number of rotatable bonds is 12. The Balaban J connectivity index is 1.41. The van der Waals surface area contributed by atoms with Gasteiger partial charge >= 0.3 is 0 Å². The Hall–Kier alpha value is -4.37. The van der Waals surface area contributed by atoms with E-state index >= 15 is 0 Å². The van der Waals surface area contributed by atoms with Crippen LogP contribution >= 0.6 is 15.9 Å². The molecule has 0 saturated carbocycles. The van der Waals surface area contributed by atoms with Crippen LogP contribution in [0.5, 0.6) is 23.0 Å². The fourth-order valence-corrected chi connectivity index (χ4v) is 4.32. The maximum absolute atomic E-state index is 13.5. The van der Waals surface area contributed by atoms with Crippen molar-refractivity contribution < 1.29 is 28.1 Å². The minimum Gasteiger partial charge on any atom is -0.493 e. The van der Waals surface area contributed by atoms with E-state index in [1.165, 1.54) is 25.5 Å². The quantitative estimate of drug-likeness (QED) is 0.140. The van der Waals surface area contributed by atoms with Gasteiger partial charge in [-0.3, -0.25) is 4.79 Å². The molecule has 7 nitrogen and oxygen atoms in total. The zero-order valence-electron chi connectivity index (χ0n) is 22.0. The lowest BCUT2D eigenvalue weighted by molar-refractivity contribution is 0.0954. The van der Waals surface area contributed by atoms with E-state index in [-0.39, 0.29) is 12.4 Å². The molecule has 1 amide bonds. The first kappa shape index (κ1) is 28.6. The Morgan fingerprint density at radius 1 is 0.875 bits per heavy atom. The van der Waals surface area contributed by atoms with E-state index in [4.69, 9.17) is 18.9 Å². The minimum absolute atomic E-state index is 0.166. The lowest BCUT2D eigenvalue weighted by atomic mass is 10.2. The topological polar surface area (TPSA) is 78.4 Å². The van der Waals surface area contributed by atoms with Crippen molar-refractivity contribution in [2.45, 2.75) is 20.1 Å². The third kappa shape index (κ3) is 7.83. The number of carbonyl (C=O) groups excluding carboxylic acids is 1. The summed E-state index contributed by atoms with van der Waals surface area (Å²) in [4.78, 5) is 12.7. The van der Waals surface area contributed by atoms with Gasteiger partial charge in [-0.2, -0.15) is 5.10 Å². The van der Waals surface area contributed by atoms with Crippen LogP contribution in [0.4, 0.5) is 4.39 Å². The molecular weight excluding hydrogens is 579 g/mol. The minimum atomic E-state index is -0.414. The molecule has 0 bridgehead atoms. The average molecular weight is 607 g/mol. The summed E-state index contributed by atoms with van der Waals surface area (Å²) in [6.07, 6.45) is 1.50. The molecule has 1 N–H and O–H groups in total. The number of hydrogen-bond donors (Lipinski definition) is 1. The normalized spacial score (nSPS) is 10.8. The highest BCUT2D eigenvalue weighted by Crippen LogP contribution is 2.37. The highest BCUT2D eigenvalue weighted by molar-refractivity contribution is 9.10. The molecule has 0 saturated heterocycles. The molecule has 40 heavy (non-hydrogen) atoms. The van der Waals surface area contributed by atoms with E-state index < -0.39 is 5.91 Å². The molecule has 0 radical (unpaired) electrons. The van der Waals surface area contributed by atoms with Crippen LogP contribution in [-0.4, -0.2) is 25.8 Å². The first-order valence-corrected chi connectivity index (χ1v) is 13.3. The SMILES string of the molecule is CCOc1cc(/C=N/NC(=O)c2ccc(OCc3ccccc3)c(OC)c2)cc(Br)c1OCc1cccc(F)c1. The Morgan fingerprint density at radius 2 is 1.65 bits per heavy atom.